The molecular weight excluding hydrogens is 352 g/mol. The highest BCUT2D eigenvalue weighted by atomic mass is 16.3. The second kappa shape index (κ2) is 9.08. The minimum absolute atomic E-state index is 0.00380. The highest BCUT2D eigenvalue weighted by Gasteiger charge is 2.07. The van der Waals surface area contributed by atoms with Crippen LogP contribution in [0.5, 0.6) is 0 Å². The standard InChI is InChI=1S/C22H26N4O2/c1-4-23-22(25-15-19-13-18-7-5-6-8-20(18)28-19)24-14-16-9-11-17(12-10-16)21(27)26(2)3/h5-13H,4,14-15H2,1-3H3,(H2,23,24,25). The number of carbonyl (C=O) groups excluding carboxylic acids is 1. The summed E-state index contributed by atoms with van der Waals surface area (Å²) in [5.41, 5.74) is 2.59. The zero-order chi connectivity index (χ0) is 19.9. The molecule has 28 heavy (non-hydrogen) atoms. The van der Waals surface area contributed by atoms with Gasteiger partial charge in [-0.05, 0) is 36.8 Å². The maximum Gasteiger partial charge on any atom is 0.253 e. The molecule has 1 heterocycles. The van der Waals surface area contributed by atoms with Gasteiger partial charge in [-0.15, -0.1) is 0 Å². The molecule has 0 spiro atoms. The number of guanidine groups is 1. The first kappa shape index (κ1) is 19.5. The number of nitrogens with zero attached hydrogens (tertiary/aromatic N) is 2. The molecule has 3 aromatic rings. The second-order valence-electron chi connectivity index (χ2n) is 6.70. The summed E-state index contributed by atoms with van der Waals surface area (Å²) in [6, 6.07) is 17.5. The Hall–Kier alpha value is -3.28. The lowest BCUT2D eigenvalue weighted by molar-refractivity contribution is 0.0827. The molecule has 0 aliphatic carbocycles. The van der Waals surface area contributed by atoms with Gasteiger partial charge in [0.25, 0.3) is 5.91 Å². The largest absolute Gasteiger partial charge is 0.459 e. The van der Waals surface area contributed by atoms with Crippen molar-refractivity contribution in [1.29, 1.82) is 0 Å². The summed E-state index contributed by atoms with van der Waals surface area (Å²) in [5.74, 6) is 1.57. The summed E-state index contributed by atoms with van der Waals surface area (Å²) in [7, 11) is 3.49. The average molecular weight is 378 g/mol. The van der Waals surface area contributed by atoms with Crippen LogP contribution in [0.3, 0.4) is 0 Å². The number of nitrogens with one attached hydrogen (secondary N) is 2. The third kappa shape index (κ3) is 4.91. The molecule has 0 aliphatic heterocycles. The molecule has 3 rings (SSSR count). The van der Waals surface area contributed by atoms with Gasteiger partial charge < -0.3 is 20.0 Å². The molecule has 0 atom stereocenters. The first-order chi connectivity index (χ1) is 13.6. The average Bonchev–Trinajstić information content (AvgIpc) is 3.13. The van der Waals surface area contributed by atoms with Crippen molar-refractivity contribution >= 4 is 22.8 Å². The van der Waals surface area contributed by atoms with Crippen molar-refractivity contribution < 1.29 is 9.21 Å². The normalized spacial score (nSPS) is 11.5. The van der Waals surface area contributed by atoms with E-state index in [2.05, 4.69) is 15.6 Å². The van der Waals surface area contributed by atoms with E-state index in [1.807, 2.05) is 61.5 Å². The lowest BCUT2D eigenvalue weighted by atomic mass is 10.1. The molecule has 6 nitrogen and oxygen atoms in total. The Morgan fingerprint density at radius 3 is 2.50 bits per heavy atom. The van der Waals surface area contributed by atoms with E-state index in [0.717, 1.165) is 34.8 Å². The Bertz CT molecular complexity index is 925. The third-order valence-corrected chi connectivity index (χ3v) is 4.28. The van der Waals surface area contributed by atoms with Gasteiger partial charge in [0, 0.05) is 31.6 Å². The molecule has 0 aliphatic rings. The van der Waals surface area contributed by atoms with E-state index in [9.17, 15) is 4.79 Å². The van der Waals surface area contributed by atoms with E-state index in [0.29, 0.717) is 18.7 Å². The van der Waals surface area contributed by atoms with Gasteiger partial charge in [-0.2, -0.15) is 0 Å². The van der Waals surface area contributed by atoms with Crippen LogP contribution in [0.2, 0.25) is 0 Å². The number of fused-ring (bicyclic) bond motifs is 1. The van der Waals surface area contributed by atoms with Crippen molar-refractivity contribution in [3.63, 3.8) is 0 Å². The zero-order valence-corrected chi connectivity index (χ0v) is 16.5. The quantitative estimate of drug-likeness (QED) is 0.510. The molecule has 0 saturated carbocycles. The van der Waals surface area contributed by atoms with Crippen molar-refractivity contribution in [1.82, 2.24) is 15.5 Å². The predicted molar refractivity (Wildman–Crippen MR) is 112 cm³/mol. The number of para-hydroxylation sites is 1. The fourth-order valence-corrected chi connectivity index (χ4v) is 2.82. The predicted octanol–water partition coefficient (Wildman–Crippen LogP) is 3.39. The van der Waals surface area contributed by atoms with Gasteiger partial charge >= 0.3 is 0 Å². The number of hydrogen-bond donors (Lipinski definition) is 2. The molecule has 0 saturated heterocycles. The van der Waals surface area contributed by atoms with Crippen LogP contribution in [-0.2, 0) is 13.1 Å². The molecule has 1 amide bonds. The van der Waals surface area contributed by atoms with Crippen LogP contribution < -0.4 is 10.6 Å². The van der Waals surface area contributed by atoms with Gasteiger partial charge in [0.2, 0.25) is 0 Å². The fraction of sp³-hybridized carbons (Fsp3) is 0.273. The van der Waals surface area contributed by atoms with E-state index >= 15 is 0 Å². The number of carbonyl (C=O) groups is 1. The zero-order valence-electron chi connectivity index (χ0n) is 16.5. The van der Waals surface area contributed by atoms with E-state index in [1.54, 1.807) is 19.0 Å². The van der Waals surface area contributed by atoms with Gasteiger partial charge in [0.05, 0.1) is 13.1 Å². The maximum absolute atomic E-state index is 12.0. The monoisotopic (exact) mass is 378 g/mol. The molecule has 0 unspecified atom stereocenters. The molecular formula is C22H26N4O2. The summed E-state index contributed by atoms with van der Waals surface area (Å²) in [5, 5.41) is 7.63. The Balaban J connectivity index is 1.62. The molecule has 2 N–H and O–H groups in total. The Kier molecular flexibility index (Phi) is 6.32. The van der Waals surface area contributed by atoms with Gasteiger partial charge in [-0.25, -0.2) is 4.99 Å². The lowest BCUT2D eigenvalue weighted by Gasteiger charge is -2.11. The molecule has 146 valence electrons. The van der Waals surface area contributed by atoms with Gasteiger partial charge in [-0.3, -0.25) is 4.79 Å². The molecule has 1 aromatic heterocycles. The minimum Gasteiger partial charge on any atom is -0.459 e. The van der Waals surface area contributed by atoms with E-state index in [4.69, 9.17) is 4.42 Å². The Morgan fingerprint density at radius 1 is 1.07 bits per heavy atom. The smallest absolute Gasteiger partial charge is 0.253 e. The first-order valence-electron chi connectivity index (χ1n) is 9.37. The topological polar surface area (TPSA) is 69.9 Å². The summed E-state index contributed by atoms with van der Waals surface area (Å²) in [4.78, 5) is 18.1. The second-order valence-corrected chi connectivity index (χ2v) is 6.70. The van der Waals surface area contributed by atoms with Crippen LogP contribution in [-0.4, -0.2) is 37.4 Å². The van der Waals surface area contributed by atoms with Crippen LogP contribution in [0.4, 0.5) is 0 Å². The van der Waals surface area contributed by atoms with E-state index < -0.39 is 0 Å². The summed E-state index contributed by atoms with van der Waals surface area (Å²) in [6.07, 6.45) is 0. The van der Waals surface area contributed by atoms with Crippen LogP contribution in [0.15, 0.2) is 64.0 Å². The SMILES string of the molecule is CCNC(=NCc1ccc(C(=O)N(C)C)cc1)NCc1cc2ccccc2o1. The first-order valence-corrected chi connectivity index (χ1v) is 9.37. The molecule has 2 aromatic carbocycles. The van der Waals surface area contributed by atoms with Crippen LogP contribution >= 0.6 is 0 Å². The van der Waals surface area contributed by atoms with Gasteiger partial charge in [0.1, 0.15) is 11.3 Å². The van der Waals surface area contributed by atoms with Crippen molar-refractivity contribution in [2.75, 3.05) is 20.6 Å². The minimum atomic E-state index is -0.00380. The highest BCUT2D eigenvalue weighted by Crippen LogP contribution is 2.18. The highest BCUT2D eigenvalue weighted by molar-refractivity contribution is 5.93. The van der Waals surface area contributed by atoms with Crippen molar-refractivity contribution in [3.05, 3.63) is 71.5 Å². The number of rotatable bonds is 6. The third-order valence-electron chi connectivity index (χ3n) is 4.28. The van der Waals surface area contributed by atoms with Crippen LogP contribution in [0.1, 0.15) is 28.6 Å². The van der Waals surface area contributed by atoms with Crippen LogP contribution in [0.25, 0.3) is 11.0 Å². The number of amides is 1. The lowest BCUT2D eigenvalue weighted by Crippen LogP contribution is -2.36. The number of furan rings is 1. The molecule has 6 heteroatoms. The molecule has 0 fully saturated rings. The number of aliphatic imine (C=N–C) groups is 1. The van der Waals surface area contributed by atoms with E-state index in [-0.39, 0.29) is 5.91 Å². The molecule has 0 bridgehead atoms. The number of benzene rings is 2. The molecule has 0 radical (unpaired) electrons. The van der Waals surface area contributed by atoms with Crippen molar-refractivity contribution in [2.45, 2.75) is 20.0 Å². The fourth-order valence-electron chi connectivity index (χ4n) is 2.82. The Morgan fingerprint density at radius 2 is 1.82 bits per heavy atom. The summed E-state index contributed by atoms with van der Waals surface area (Å²) in [6.45, 7) is 3.87. The maximum atomic E-state index is 12.0. The van der Waals surface area contributed by atoms with Crippen molar-refractivity contribution in [2.24, 2.45) is 4.99 Å². The van der Waals surface area contributed by atoms with Crippen molar-refractivity contribution in [3.8, 4) is 0 Å². The van der Waals surface area contributed by atoms with Gasteiger partial charge in [-0.1, -0.05) is 30.3 Å². The van der Waals surface area contributed by atoms with Gasteiger partial charge in [0.15, 0.2) is 5.96 Å². The Labute approximate surface area is 165 Å². The van der Waals surface area contributed by atoms with E-state index in [1.165, 1.54) is 0 Å². The summed E-state index contributed by atoms with van der Waals surface area (Å²) < 4.78 is 5.83. The summed E-state index contributed by atoms with van der Waals surface area (Å²) >= 11 is 0. The number of hydrogen-bond acceptors (Lipinski definition) is 3. The van der Waals surface area contributed by atoms with Crippen LogP contribution in [0, 0.1) is 0 Å².